The highest BCUT2D eigenvalue weighted by Crippen LogP contribution is 2.23. The highest BCUT2D eigenvalue weighted by atomic mass is 32.2. The number of amides is 1. The van der Waals surface area contributed by atoms with Crippen molar-refractivity contribution in [1.29, 1.82) is 0 Å². The summed E-state index contributed by atoms with van der Waals surface area (Å²) in [6.45, 7) is 4.14. The van der Waals surface area contributed by atoms with Gasteiger partial charge >= 0.3 is 5.97 Å². The zero-order valence-electron chi connectivity index (χ0n) is 16.5. The summed E-state index contributed by atoms with van der Waals surface area (Å²) in [5.41, 5.74) is 3.93. The van der Waals surface area contributed by atoms with Crippen LogP contribution in [0.3, 0.4) is 0 Å². The van der Waals surface area contributed by atoms with E-state index in [4.69, 9.17) is 4.74 Å². The molecule has 1 amide bonds. The standard InChI is InChI=1S/C24H23NO3S/c1-3-28-24(27)20-5-4-6-21(15-20)25-23(26)19-11-9-18(10-12-19)16-29-22-13-7-17(2)8-14-22/h4-15H,3,16H2,1-2H3,(H,25,26). The quantitative estimate of drug-likeness (QED) is 0.404. The first-order chi connectivity index (χ1) is 14.0. The number of nitrogens with one attached hydrogen (secondary N) is 1. The molecule has 3 rings (SSSR count). The molecule has 5 heteroatoms. The lowest BCUT2D eigenvalue weighted by Gasteiger charge is -2.08. The van der Waals surface area contributed by atoms with Crippen molar-refractivity contribution in [3.8, 4) is 0 Å². The molecule has 0 unspecified atom stereocenters. The van der Waals surface area contributed by atoms with Gasteiger partial charge in [-0.25, -0.2) is 4.79 Å². The molecule has 3 aromatic rings. The number of hydrogen-bond donors (Lipinski definition) is 1. The van der Waals surface area contributed by atoms with Gasteiger partial charge in [0.1, 0.15) is 0 Å². The Bertz CT molecular complexity index is 982. The van der Waals surface area contributed by atoms with Crippen LogP contribution in [0, 0.1) is 6.92 Å². The minimum atomic E-state index is -0.404. The Kier molecular flexibility index (Phi) is 7.09. The summed E-state index contributed by atoms with van der Waals surface area (Å²) in [7, 11) is 0. The number of carbonyl (C=O) groups excluding carboxylic acids is 2. The van der Waals surface area contributed by atoms with Gasteiger partial charge in [0.15, 0.2) is 0 Å². The Labute approximate surface area is 175 Å². The molecular weight excluding hydrogens is 382 g/mol. The van der Waals surface area contributed by atoms with Crippen molar-refractivity contribution in [2.75, 3.05) is 11.9 Å². The molecule has 0 aromatic heterocycles. The highest BCUT2D eigenvalue weighted by Gasteiger charge is 2.10. The van der Waals surface area contributed by atoms with E-state index in [0.717, 1.165) is 11.3 Å². The number of esters is 1. The van der Waals surface area contributed by atoms with E-state index in [1.807, 2.05) is 24.3 Å². The predicted octanol–water partition coefficient (Wildman–Crippen LogP) is 5.72. The summed E-state index contributed by atoms with van der Waals surface area (Å²) in [4.78, 5) is 25.6. The maximum absolute atomic E-state index is 12.5. The van der Waals surface area contributed by atoms with E-state index < -0.39 is 5.97 Å². The molecule has 1 N–H and O–H groups in total. The number of thioether (sulfide) groups is 1. The van der Waals surface area contributed by atoms with Crippen molar-refractivity contribution in [2.24, 2.45) is 0 Å². The zero-order valence-corrected chi connectivity index (χ0v) is 17.3. The number of carbonyl (C=O) groups is 2. The monoisotopic (exact) mass is 405 g/mol. The average Bonchev–Trinajstić information content (AvgIpc) is 2.74. The normalized spacial score (nSPS) is 10.4. The second-order valence-corrected chi connectivity index (χ2v) is 7.60. The lowest BCUT2D eigenvalue weighted by Crippen LogP contribution is -2.12. The van der Waals surface area contributed by atoms with E-state index in [1.54, 1.807) is 43.0 Å². The third-order valence-electron chi connectivity index (χ3n) is 4.27. The van der Waals surface area contributed by atoms with Gasteiger partial charge in [0.2, 0.25) is 0 Å². The molecular formula is C24H23NO3S. The van der Waals surface area contributed by atoms with Crippen molar-refractivity contribution in [1.82, 2.24) is 0 Å². The second-order valence-electron chi connectivity index (χ2n) is 6.55. The Morgan fingerprint density at radius 1 is 0.931 bits per heavy atom. The van der Waals surface area contributed by atoms with Crippen molar-refractivity contribution in [3.05, 3.63) is 95.1 Å². The van der Waals surface area contributed by atoms with Crippen molar-refractivity contribution in [2.45, 2.75) is 24.5 Å². The molecule has 0 saturated heterocycles. The second kappa shape index (κ2) is 9.94. The van der Waals surface area contributed by atoms with Crippen LogP contribution in [0.2, 0.25) is 0 Å². The van der Waals surface area contributed by atoms with Gasteiger partial charge in [0.05, 0.1) is 12.2 Å². The third kappa shape index (κ3) is 5.96. The maximum Gasteiger partial charge on any atom is 0.338 e. The molecule has 0 aliphatic heterocycles. The van der Waals surface area contributed by atoms with E-state index in [0.29, 0.717) is 23.4 Å². The molecule has 0 fully saturated rings. The first-order valence-corrected chi connectivity index (χ1v) is 10.4. The number of benzene rings is 3. The molecule has 0 saturated carbocycles. The van der Waals surface area contributed by atoms with E-state index >= 15 is 0 Å². The summed E-state index contributed by atoms with van der Waals surface area (Å²) >= 11 is 1.76. The van der Waals surface area contributed by atoms with Crippen LogP contribution in [0.15, 0.2) is 77.7 Å². The van der Waals surface area contributed by atoms with Crippen LogP contribution in [0.5, 0.6) is 0 Å². The number of ether oxygens (including phenoxy) is 1. The molecule has 0 spiro atoms. The molecule has 0 aliphatic carbocycles. The minimum Gasteiger partial charge on any atom is -0.462 e. The van der Waals surface area contributed by atoms with Gasteiger partial charge in [0.25, 0.3) is 5.91 Å². The fraction of sp³-hybridized carbons (Fsp3) is 0.167. The van der Waals surface area contributed by atoms with Crippen molar-refractivity contribution in [3.63, 3.8) is 0 Å². The van der Waals surface area contributed by atoms with Crippen LogP contribution in [-0.2, 0) is 10.5 Å². The van der Waals surface area contributed by atoms with Crippen LogP contribution in [0.1, 0.15) is 38.8 Å². The number of hydrogen-bond acceptors (Lipinski definition) is 4. The van der Waals surface area contributed by atoms with Crippen LogP contribution in [-0.4, -0.2) is 18.5 Å². The Hall–Kier alpha value is -3.05. The summed E-state index contributed by atoms with van der Waals surface area (Å²) < 4.78 is 4.99. The molecule has 4 nitrogen and oxygen atoms in total. The summed E-state index contributed by atoms with van der Waals surface area (Å²) in [5, 5.41) is 2.83. The van der Waals surface area contributed by atoms with Gasteiger partial charge in [-0.05, 0) is 61.9 Å². The Morgan fingerprint density at radius 2 is 1.66 bits per heavy atom. The van der Waals surface area contributed by atoms with Crippen molar-refractivity contribution < 1.29 is 14.3 Å². The fourth-order valence-electron chi connectivity index (χ4n) is 2.70. The van der Waals surface area contributed by atoms with Gasteiger partial charge in [-0.1, -0.05) is 35.9 Å². The average molecular weight is 406 g/mol. The first-order valence-electron chi connectivity index (χ1n) is 9.42. The largest absolute Gasteiger partial charge is 0.462 e. The number of rotatable bonds is 7. The van der Waals surface area contributed by atoms with Gasteiger partial charge in [-0.15, -0.1) is 11.8 Å². The molecule has 0 atom stereocenters. The molecule has 0 aliphatic rings. The van der Waals surface area contributed by atoms with Gasteiger partial charge in [-0.3, -0.25) is 4.79 Å². The van der Waals surface area contributed by atoms with Gasteiger partial charge in [0, 0.05) is 21.9 Å². The minimum absolute atomic E-state index is 0.219. The summed E-state index contributed by atoms with van der Waals surface area (Å²) in [5.74, 6) is 0.217. The molecule has 0 radical (unpaired) electrons. The summed E-state index contributed by atoms with van der Waals surface area (Å²) in [6.07, 6.45) is 0. The van der Waals surface area contributed by atoms with Crippen LogP contribution >= 0.6 is 11.8 Å². The first kappa shape index (κ1) is 20.7. The molecule has 29 heavy (non-hydrogen) atoms. The maximum atomic E-state index is 12.5. The molecule has 0 heterocycles. The third-order valence-corrected chi connectivity index (χ3v) is 5.36. The van der Waals surface area contributed by atoms with E-state index in [-0.39, 0.29) is 5.91 Å². The predicted molar refractivity (Wildman–Crippen MR) is 118 cm³/mol. The molecule has 148 valence electrons. The Balaban J connectivity index is 1.59. The Morgan fingerprint density at radius 3 is 2.34 bits per heavy atom. The van der Waals surface area contributed by atoms with Gasteiger partial charge < -0.3 is 10.1 Å². The fourth-order valence-corrected chi connectivity index (χ4v) is 3.55. The summed E-state index contributed by atoms with van der Waals surface area (Å²) in [6, 6.07) is 22.7. The topological polar surface area (TPSA) is 55.4 Å². The van der Waals surface area contributed by atoms with E-state index in [2.05, 4.69) is 36.5 Å². The van der Waals surface area contributed by atoms with E-state index in [1.165, 1.54) is 10.5 Å². The number of aryl methyl sites for hydroxylation is 1. The smallest absolute Gasteiger partial charge is 0.338 e. The van der Waals surface area contributed by atoms with Crippen LogP contribution < -0.4 is 5.32 Å². The van der Waals surface area contributed by atoms with Gasteiger partial charge in [-0.2, -0.15) is 0 Å². The van der Waals surface area contributed by atoms with E-state index in [9.17, 15) is 9.59 Å². The SMILES string of the molecule is CCOC(=O)c1cccc(NC(=O)c2ccc(CSc3ccc(C)cc3)cc2)c1. The van der Waals surface area contributed by atoms with Crippen LogP contribution in [0.4, 0.5) is 5.69 Å². The highest BCUT2D eigenvalue weighted by molar-refractivity contribution is 7.98. The lowest BCUT2D eigenvalue weighted by molar-refractivity contribution is 0.0526. The molecule has 3 aromatic carbocycles. The van der Waals surface area contributed by atoms with Crippen LogP contribution in [0.25, 0.3) is 0 Å². The molecule has 0 bridgehead atoms. The lowest BCUT2D eigenvalue weighted by atomic mass is 10.1. The van der Waals surface area contributed by atoms with Crippen molar-refractivity contribution >= 4 is 29.3 Å². The number of anilines is 1. The zero-order chi connectivity index (χ0) is 20.6.